The van der Waals surface area contributed by atoms with Crippen LogP contribution in [0.5, 0.6) is 11.5 Å². The van der Waals surface area contributed by atoms with Gasteiger partial charge in [-0.2, -0.15) is 0 Å². The van der Waals surface area contributed by atoms with E-state index in [0.717, 1.165) is 16.4 Å². The Bertz CT molecular complexity index is 290. The first-order valence-corrected chi connectivity index (χ1v) is 4.54. The second-order valence-electron chi connectivity index (χ2n) is 2.42. The van der Waals surface area contributed by atoms with Crippen LogP contribution >= 0.6 is 11.9 Å². The van der Waals surface area contributed by atoms with E-state index in [4.69, 9.17) is 14.6 Å². The number of hydrogen-bond acceptors (Lipinski definition) is 4. The number of fused-ring (bicyclic) bond motifs is 1. The third-order valence-electron chi connectivity index (χ3n) is 1.65. The molecule has 1 aromatic rings. The molecule has 1 aliphatic heterocycles. The number of benzene rings is 1. The van der Waals surface area contributed by atoms with Gasteiger partial charge in [0, 0.05) is 4.90 Å². The molecule has 64 valence electrons. The van der Waals surface area contributed by atoms with Crippen molar-refractivity contribution in [1.29, 1.82) is 0 Å². The van der Waals surface area contributed by atoms with Gasteiger partial charge in [0.15, 0.2) is 11.5 Å². The van der Waals surface area contributed by atoms with Crippen LogP contribution in [-0.2, 0) is 0 Å². The maximum Gasteiger partial charge on any atom is 0.162 e. The summed E-state index contributed by atoms with van der Waals surface area (Å²) >= 11 is 1.21. The zero-order chi connectivity index (χ0) is 8.39. The molecule has 0 radical (unpaired) electrons. The van der Waals surface area contributed by atoms with Gasteiger partial charge < -0.3 is 9.47 Å². The maximum atomic E-state index is 5.40. The fraction of sp³-hybridized carbons (Fsp3) is 0.250. The van der Waals surface area contributed by atoms with E-state index >= 15 is 0 Å². The van der Waals surface area contributed by atoms with Crippen LogP contribution in [0.15, 0.2) is 23.1 Å². The molecule has 12 heavy (non-hydrogen) atoms. The monoisotopic (exact) mass is 183 g/mol. The Morgan fingerprint density at radius 1 is 1.17 bits per heavy atom. The molecule has 1 aromatic carbocycles. The van der Waals surface area contributed by atoms with E-state index in [0.29, 0.717) is 13.2 Å². The zero-order valence-electron chi connectivity index (χ0n) is 6.45. The van der Waals surface area contributed by atoms with E-state index in [1.807, 2.05) is 18.2 Å². The van der Waals surface area contributed by atoms with E-state index in [-0.39, 0.29) is 0 Å². The van der Waals surface area contributed by atoms with Crippen molar-refractivity contribution in [2.75, 3.05) is 13.2 Å². The van der Waals surface area contributed by atoms with Crippen molar-refractivity contribution in [3.05, 3.63) is 18.2 Å². The number of rotatable bonds is 1. The molecule has 0 aliphatic carbocycles. The molecule has 0 bridgehead atoms. The first-order valence-electron chi connectivity index (χ1n) is 3.66. The highest BCUT2D eigenvalue weighted by molar-refractivity contribution is 7.97. The van der Waals surface area contributed by atoms with Crippen molar-refractivity contribution in [2.24, 2.45) is 5.14 Å². The third kappa shape index (κ3) is 1.35. The molecule has 0 atom stereocenters. The SMILES string of the molecule is NSc1ccc2c(c1)OCCO2. The van der Waals surface area contributed by atoms with Crippen LogP contribution in [0, 0.1) is 0 Å². The van der Waals surface area contributed by atoms with Crippen molar-refractivity contribution in [3.8, 4) is 11.5 Å². The summed E-state index contributed by atoms with van der Waals surface area (Å²) in [4.78, 5) is 0.985. The van der Waals surface area contributed by atoms with Gasteiger partial charge >= 0.3 is 0 Å². The van der Waals surface area contributed by atoms with Gasteiger partial charge in [0.05, 0.1) is 0 Å². The molecule has 0 saturated carbocycles. The number of hydrogen-bond donors (Lipinski definition) is 1. The van der Waals surface area contributed by atoms with Crippen LogP contribution in [0.4, 0.5) is 0 Å². The molecule has 0 unspecified atom stereocenters. The standard InChI is InChI=1S/C8H9NO2S/c9-12-6-1-2-7-8(5-6)11-4-3-10-7/h1-2,5H,3-4,9H2. The molecule has 0 aromatic heterocycles. The highest BCUT2D eigenvalue weighted by Crippen LogP contribution is 2.32. The fourth-order valence-corrected chi connectivity index (χ4v) is 1.42. The lowest BCUT2D eigenvalue weighted by Crippen LogP contribution is -2.15. The minimum atomic E-state index is 0.617. The van der Waals surface area contributed by atoms with Crippen LogP contribution in [0.25, 0.3) is 0 Å². The Morgan fingerprint density at radius 2 is 1.92 bits per heavy atom. The molecule has 1 aliphatic rings. The van der Waals surface area contributed by atoms with Crippen LogP contribution < -0.4 is 14.6 Å². The smallest absolute Gasteiger partial charge is 0.162 e. The van der Waals surface area contributed by atoms with E-state index in [9.17, 15) is 0 Å². The predicted molar refractivity (Wildman–Crippen MR) is 47.5 cm³/mol. The largest absolute Gasteiger partial charge is 0.486 e. The van der Waals surface area contributed by atoms with Gasteiger partial charge in [0.2, 0.25) is 0 Å². The molecule has 0 fully saturated rings. The summed E-state index contributed by atoms with van der Waals surface area (Å²) in [7, 11) is 0. The van der Waals surface area contributed by atoms with Gasteiger partial charge in [-0.25, -0.2) is 0 Å². The minimum Gasteiger partial charge on any atom is -0.486 e. The van der Waals surface area contributed by atoms with E-state index in [1.54, 1.807) is 0 Å². The number of nitrogens with two attached hydrogens (primary N) is 1. The van der Waals surface area contributed by atoms with Gasteiger partial charge in [-0.05, 0) is 30.1 Å². The molecule has 1 heterocycles. The first-order chi connectivity index (χ1) is 5.90. The normalized spacial score (nSPS) is 14.4. The van der Waals surface area contributed by atoms with Crippen LogP contribution in [0.2, 0.25) is 0 Å². The van der Waals surface area contributed by atoms with Crippen LogP contribution in [0.3, 0.4) is 0 Å². The Kier molecular flexibility index (Phi) is 2.10. The van der Waals surface area contributed by atoms with Crippen LogP contribution in [0.1, 0.15) is 0 Å². The number of ether oxygens (including phenoxy) is 2. The molecule has 3 nitrogen and oxygen atoms in total. The minimum absolute atomic E-state index is 0.617. The molecule has 2 rings (SSSR count). The molecular weight excluding hydrogens is 174 g/mol. The van der Waals surface area contributed by atoms with Crippen molar-refractivity contribution in [3.63, 3.8) is 0 Å². The average molecular weight is 183 g/mol. The maximum absolute atomic E-state index is 5.40. The highest BCUT2D eigenvalue weighted by atomic mass is 32.2. The summed E-state index contributed by atoms with van der Waals surface area (Å²) in [5, 5.41) is 5.40. The molecule has 0 amide bonds. The summed E-state index contributed by atoms with van der Waals surface area (Å²) in [5.41, 5.74) is 0. The predicted octanol–water partition coefficient (Wildman–Crippen LogP) is 1.42. The van der Waals surface area contributed by atoms with Gasteiger partial charge in [-0.1, -0.05) is 0 Å². The molecule has 0 spiro atoms. The lowest BCUT2D eigenvalue weighted by Gasteiger charge is -2.18. The fourth-order valence-electron chi connectivity index (χ4n) is 1.10. The van der Waals surface area contributed by atoms with Crippen molar-refractivity contribution in [2.45, 2.75) is 4.90 Å². The van der Waals surface area contributed by atoms with Crippen LogP contribution in [-0.4, -0.2) is 13.2 Å². The molecule has 0 saturated heterocycles. The zero-order valence-corrected chi connectivity index (χ0v) is 7.26. The summed E-state index contributed by atoms with van der Waals surface area (Å²) in [6, 6.07) is 5.68. The molecule has 4 heteroatoms. The Labute approximate surface area is 75.0 Å². The van der Waals surface area contributed by atoms with Gasteiger partial charge in [0.25, 0.3) is 0 Å². The van der Waals surface area contributed by atoms with E-state index < -0.39 is 0 Å². The summed E-state index contributed by atoms with van der Waals surface area (Å²) < 4.78 is 10.7. The molecular formula is C8H9NO2S. The Balaban J connectivity index is 2.36. The Morgan fingerprint density at radius 3 is 2.67 bits per heavy atom. The lowest BCUT2D eigenvalue weighted by atomic mass is 10.3. The first kappa shape index (κ1) is 7.76. The average Bonchev–Trinajstić information content (AvgIpc) is 2.17. The second-order valence-corrected chi connectivity index (χ2v) is 3.13. The van der Waals surface area contributed by atoms with Crippen molar-refractivity contribution >= 4 is 11.9 Å². The van der Waals surface area contributed by atoms with Gasteiger partial charge in [0.1, 0.15) is 13.2 Å². The second kappa shape index (κ2) is 3.25. The van der Waals surface area contributed by atoms with Crippen molar-refractivity contribution < 1.29 is 9.47 Å². The summed E-state index contributed by atoms with van der Waals surface area (Å²) in [6.45, 7) is 1.24. The van der Waals surface area contributed by atoms with E-state index in [1.165, 1.54) is 11.9 Å². The lowest BCUT2D eigenvalue weighted by molar-refractivity contribution is 0.171. The summed E-state index contributed by atoms with van der Waals surface area (Å²) in [6.07, 6.45) is 0. The van der Waals surface area contributed by atoms with Crippen molar-refractivity contribution in [1.82, 2.24) is 0 Å². The Hall–Kier alpha value is -0.870. The highest BCUT2D eigenvalue weighted by Gasteiger charge is 2.10. The molecule has 2 N–H and O–H groups in total. The van der Waals surface area contributed by atoms with E-state index in [2.05, 4.69) is 0 Å². The van der Waals surface area contributed by atoms with Gasteiger partial charge in [-0.15, -0.1) is 0 Å². The quantitative estimate of drug-likeness (QED) is 0.669. The topological polar surface area (TPSA) is 44.5 Å². The third-order valence-corrected chi connectivity index (χ3v) is 2.18. The summed E-state index contributed by atoms with van der Waals surface area (Å²) in [5.74, 6) is 1.59. The van der Waals surface area contributed by atoms with Gasteiger partial charge in [-0.3, -0.25) is 5.14 Å².